The second-order valence-electron chi connectivity index (χ2n) is 6.67. The Bertz CT molecular complexity index is 1000. The highest BCUT2D eigenvalue weighted by molar-refractivity contribution is 5.94. The van der Waals surface area contributed by atoms with Gasteiger partial charge in [-0.05, 0) is 40.6 Å². The Hall–Kier alpha value is -3.12. The lowest BCUT2D eigenvalue weighted by molar-refractivity contribution is -0.0227. The number of carbonyl (C=O) groups excluding carboxylic acids is 1. The van der Waals surface area contributed by atoms with Crippen LogP contribution in [0.15, 0.2) is 54.7 Å². The Morgan fingerprint density at radius 1 is 1.07 bits per heavy atom. The number of fused-ring (bicyclic) bond motifs is 1. The van der Waals surface area contributed by atoms with Gasteiger partial charge in [0.05, 0.1) is 27.4 Å². The SMILES string of the molecule is COc1ccc2cc(C3CN(C(=O)c4ccnc(OC)c4)CCO3)ccc2c1. The third-order valence-corrected chi connectivity index (χ3v) is 4.99. The van der Waals surface area contributed by atoms with Crippen molar-refractivity contribution >= 4 is 16.7 Å². The van der Waals surface area contributed by atoms with Gasteiger partial charge in [-0.15, -0.1) is 0 Å². The number of amides is 1. The predicted molar refractivity (Wildman–Crippen MR) is 106 cm³/mol. The van der Waals surface area contributed by atoms with Crippen LogP contribution in [0.1, 0.15) is 22.0 Å². The Kier molecular flexibility index (Phi) is 5.12. The number of ether oxygens (including phenoxy) is 3. The molecule has 3 aromatic rings. The number of hydrogen-bond donors (Lipinski definition) is 0. The number of carbonyl (C=O) groups is 1. The molecule has 1 unspecified atom stereocenters. The average Bonchev–Trinajstić information content (AvgIpc) is 2.78. The molecule has 6 heteroatoms. The Balaban J connectivity index is 1.54. The number of hydrogen-bond acceptors (Lipinski definition) is 5. The molecule has 0 N–H and O–H groups in total. The zero-order valence-corrected chi connectivity index (χ0v) is 15.9. The van der Waals surface area contributed by atoms with Gasteiger partial charge in [0, 0.05) is 24.4 Å². The van der Waals surface area contributed by atoms with Crippen LogP contribution >= 0.6 is 0 Å². The van der Waals surface area contributed by atoms with Crippen molar-refractivity contribution in [2.24, 2.45) is 0 Å². The van der Waals surface area contributed by atoms with E-state index < -0.39 is 0 Å². The average molecular weight is 378 g/mol. The molecule has 1 aliphatic heterocycles. The smallest absolute Gasteiger partial charge is 0.254 e. The van der Waals surface area contributed by atoms with E-state index in [2.05, 4.69) is 23.2 Å². The van der Waals surface area contributed by atoms with Gasteiger partial charge in [0.25, 0.3) is 5.91 Å². The molecule has 6 nitrogen and oxygen atoms in total. The van der Waals surface area contributed by atoms with Gasteiger partial charge in [0.1, 0.15) is 11.9 Å². The summed E-state index contributed by atoms with van der Waals surface area (Å²) in [7, 11) is 3.20. The monoisotopic (exact) mass is 378 g/mol. The Labute approximate surface area is 163 Å². The number of pyridine rings is 1. The molecule has 28 heavy (non-hydrogen) atoms. The van der Waals surface area contributed by atoms with Crippen molar-refractivity contribution in [3.63, 3.8) is 0 Å². The summed E-state index contributed by atoms with van der Waals surface area (Å²) < 4.78 is 16.4. The number of nitrogens with zero attached hydrogens (tertiary/aromatic N) is 2. The van der Waals surface area contributed by atoms with Crippen molar-refractivity contribution in [1.29, 1.82) is 0 Å². The van der Waals surface area contributed by atoms with Gasteiger partial charge in [-0.2, -0.15) is 0 Å². The van der Waals surface area contributed by atoms with E-state index in [0.717, 1.165) is 22.1 Å². The van der Waals surface area contributed by atoms with E-state index in [1.54, 1.807) is 25.4 Å². The minimum Gasteiger partial charge on any atom is -0.497 e. The molecule has 2 aromatic carbocycles. The van der Waals surface area contributed by atoms with Crippen LogP contribution in [0.4, 0.5) is 0 Å². The summed E-state index contributed by atoms with van der Waals surface area (Å²) in [4.78, 5) is 18.8. The summed E-state index contributed by atoms with van der Waals surface area (Å²) in [5.74, 6) is 1.22. The molecule has 1 amide bonds. The minimum atomic E-state index is -0.159. The molecule has 1 saturated heterocycles. The van der Waals surface area contributed by atoms with Crippen molar-refractivity contribution in [1.82, 2.24) is 9.88 Å². The fourth-order valence-corrected chi connectivity index (χ4v) is 3.44. The molecule has 0 saturated carbocycles. The molecule has 0 aliphatic carbocycles. The molecule has 2 heterocycles. The molecule has 1 fully saturated rings. The highest BCUT2D eigenvalue weighted by Crippen LogP contribution is 2.28. The number of rotatable bonds is 4. The lowest BCUT2D eigenvalue weighted by atomic mass is 10.0. The predicted octanol–water partition coefficient (Wildman–Crippen LogP) is 3.47. The molecular formula is C22H22N2O4. The third kappa shape index (κ3) is 3.64. The first-order valence-corrected chi connectivity index (χ1v) is 9.16. The maximum Gasteiger partial charge on any atom is 0.254 e. The molecule has 144 valence electrons. The highest BCUT2D eigenvalue weighted by atomic mass is 16.5. The van der Waals surface area contributed by atoms with E-state index >= 15 is 0 Å². The molecule has 0 radical (unpaired) electrons. The number of benzene rings is 2. The van der Waals surface area contributed by atoms with Gasteiger partial charge < -0.3 is 19.1 Å². The van der Waals surface area contributed by atoms with E-state index in [1.165, 1.54) is 7.11 Å². The minimum absolute atomic E-state index is 0.0421. The van der Waals surface area contributed by atoms with Crippen LogP contribution in [0.2, 0.25) is 0 Å². The molecule has 1 aromatic heterocycles. The number of methoxy groups -OCH3 is 2. The van der Waals surface area contributed by atoms with E-state index in [9.17, 15) is 4.79 Å². The van der Waals surface area contributed by atoms with Crippen molar-refractivity contribution in [3.05, 3.63) is 65.9 Å². The lowest BCUT2D eigenvalue weighted by Gasteiger charge is -2.33. The molecule has 0 spiro atoms. The largest absolute Gasteiger partial charge is 0.497 e. The molecule has 1 aliphatic rings. The van der Waals surface area contributed by atoms with Gasteiger partial charge in [-0.1, -0.05) is 18.2 Å². The Morgan fingerprint density at radius 3 is 2.71 bits per heavy atom. The lowest BCUT2D eigenvalue weighted by Crippen LogP contribution is -2.42. The number of aromatic nitrogens is 1. The van der Waals surface area contributed by atoms with Crippen LogP contribution in [0, 0.1) is 0 Å². The maximum absolute atomic E-state index is 12.9. The number of morpholine rings is 1. The van der Waals surface area contributed by atoms with Gasteiger partial charge >= 0.3 is 0 Å². The zero-order chi connectivity index (χ0) is 19.5. The van der Waals surface area contributed by atoms with E-state index in [1.807, 2.05) is 23.1 Å². The van der Waals surface area contributed by atoms with E-state index in [4.69, 9.17) is 14.2 Å². The molecule has 4 rings (SSSR count). The normalized spacial score (nSPS) is 16.8. The first-order chi connectivity index (χ1) is 13.7. The highest BCUT2D eigenvalue weighted by Gasteiger charge is 2.26. The summed E-state index contributed by atoms with van der Waals surface area (Å²) in [5, 5.41) is 2.22. The molecule has 0 bridgehead atoms. The van der Waals surface area contributed by atoms with E-state index in [-0.39, 0.29) is 12.0 Å². The molecular weight excluding hydrogens is 356 g/mol. The maximum atomic E-state index is 12.9. The fraction of sp³-hybridized carbons (Fsp3) is 0.273. The summed E-state index contributed by atoms with van der Waals surface area (Å²) >= 11 is 0. The first-order valence-electron chi connectivity index (χ1n) is 9.16. The second-order valence-corrected chi connectivity index (χ2v) is 6.67. The summed E-state index contributed by atoms with van der Waals surface area (Å²) in [6.07, 6.45) is 1.43. The van der Waals surface area contributed by atoms with Crippen LogP contribution in [0.5, 0.6) is 11.6 Å². The quantitative estimate of drug-likeness (QED) is 0.696. The van der Waals surface area contributed by atoms with Crippen molar-refractivity contribution in [3.8, 4) is 11.6 Å². The van der Waals surface area contributed by atoms with Crippen LogP contribution in [0.25, 0.3) is 10.8 Å². The van der Waals surface area contributed by atoms with Gasteiger partial charge in [0.2, 0.25) is 5.88 Å². The third-order valence-electron chi connectivity index (χ3n) is 4.99. The van der Waals surface area contributed by atoms with Crippen LogP contribution in [-0.4, -0.2) is 49.7 Å². The van der Waals surface area contributed by atoms with Crippen molar-refractivity contribution < 1.29 is 19.0 Å². The summed E-state index contributed by atoms with van der Waals surface area (Å²) in [6, 6.07) is 15.6. The fourth-order valence-electron chi connectivity index (χ4n) is 3.44. The van der Waals surface area contributed by atoms with Crippen LogP contribution < -0.4 is 9.47 Å². The van der Waals surface area contributed by atoms with Crippen molar-refractivity contribution in [2.45, 2.75) is 6.10 Å². The van der Waals surface area contributed by atoms with Crippen LogP contribution in [0.3, 0.4) is 0 Å². The summed E-state index contributed by atoms with van der Waals surface area (Å²) in [5.41, 5.74) is 1.63. The van der Waals surface area contributed by atoms with Gasteiger partial charge in [-0.25, -0.2) is 4.98 Å². The van der Waals surface area contributed by atoms with Crippen molar-refractivity contribution in [2.75, 3.05) is 33.9 Å². The zero-order valence-electron chi connectivity index (χ0n) is 15.9. The topological polar surface area (TPSA) is 60.9 Å². The van der Waals surface area contributed by atoms with Gasteiger partial charge in [0.15, 0.2) is 0 Å². The van der Waals surface area contributed by atoms with Crippen LogP contribution in [-0.2, 0) is 4.74 Å². The van der Waals surface area contributed by atoms with Gasteiger partial charge in [-0.3, -0.25) is 4.79 Å². The summed E-state index contributed by atoms with van der Waals surface area (Å²) in [6.45, 7) is 1.56. The Morgan fingerprint density at radius 2 is 1.89 bits per heavy atom. The van der Waals surface area contributed by atoms with E-state index in [0.29, 0.717) is 31.1 Å². The molecule has 1 atom stereocenters. The second kappa shape index (κ2) is 7.86. The first kappa shape index (κ1) is 18.3. The standard InChI is InChI=1S/C22H22N2O4/c1-26-19-6-5-15-11-17(4-3-16(15)12-19)20-14-24(9-10-28-20)22(25)18-7-8-23-21(13-18)27-2/h3-8,11-13,20H,9-10,14H2,1-2H3.